The summed E-state index contributed by atoms with van der Waals surface area (Å²) in [5, 5.41) is 8.22. The minimum atomic E-state index is -0.222. The third kappa shape index (κ3) is 3.46. The Morgan fingerprint density at radius 1 is 1.43 bits per heavy atom. The van der Waals surface area contributed by atoms with Crippen LogP contribution < -0.4 is 5.32 Å². The van der Waals surface area contributed by atoms with Gasteiger partial charge in [-0.3, -0.25) is 9.69 Å². The smallest absolute Gasteiger partial charge is 0.243 e. The van der Waals surface area contributed by atoms with E-state index in [9.17, 15) is 4.79 Å². The molecule has 1 fully saturated rings. The van der Waals surface area contributed by atoms with Gasteiger partial charge in [-0.05, 0) is 6.92 Å². The SMILES string of the molecule is C[C@H](C(=O)Nc1nccs1)N1CCO[C@@H](c2nccs2)C1. The largest absolute Gasteiger partial charge is 0.368 e. The molecule has 1 aliphatic rings. The Balaban J connectivity index is 1.61. The molecule has 1 saturated heterocycles. The number of aromatic nitrogens is 2. The molecule has 1 amide bonds. The maximum absolute atomic E-state index is 12.3. The number of anilines is 1. The molecular weight excluding hydrogens is 308 g/mol. The Kier molecular flexibility index (Phi) is 4.59. The van der Waals surface area contributed by atoms with Crippen molar-refractivity contribution in [1.82, 2.24) is 14.9 Å². The first-order valence-corrected chi connectivity index (χ1v) is 8.45. The van der Waals surface area contributed by atoms with Gasteiger partial charge in [0.1, 0.15) is 11.1 Å². The van der Waals surface area contributed by atoms with Crippen molar-refractivity contribution in [3.63, 3.8) is 0 Å². The van der Waals surface area contributed by atoms with Crippen LogP contribution in [0, 0.1) is 0 Å². The van der Waals surface area contributed by atoms with Gasteiger partial charge in [0.2, 0.25) is 5.91 Å². The summed E-state index contributed by atoms with van der Waals surface area (Å²) in [7, 11) is 0. The second-order valence-electron chi connectivity index (χ2n) is 4.73. The van der Waals surface area contributed by atoms with Crippen LogP contribution in [0.2, 0.25) is 0 Å². The molecule has 112 valence electrons. The Hall–Kier alpha value is -1.35. The number of carbonyl (C=O) groups is 1. The number of hydrogen-bond donors (Lipinski definition) is 1. The maximum Gasteiger partial charge on any atom is 0.243 e. The number of amides is 1. The summed E-state index contributed by atoms with van der Waals surface area (Å²) in [6, 6.07) is -0.222. The highest BCUT2D eigenvalue weighted by molar-refractivity contribution is 7.13. The third-order valence-electron chi connectivity index (χ3n) is 3.41. The second-order valence-corrected chi connectivity index (χ2v) is 6.55. The number of nitrogens with zero attached hydrogens (tertiary/aromatic N) is 3. The normalized spacial score (nSPS) is 21.1. The van der Waals surface area contributed by atoms with Crippen LogP contribution in [0.25, 0.3) is 0 Å². The van der Waals surface area contributed by atoms with E-state index < -0.39 is 0 Å². The molecule has 0 spiro atoms. The van der Waals surface area contributed by atoms with Gasteiger partial charge in [0.25, 0.3) is 0 Å². The van der Waals surface area contributed by atoms with E-state index in [1.807, 2.05) is 17.7 Å². The van der Waals surface area contributed by atoms with Gasteiger partial charge >= 0.3 is 0 Å². The van der Waals surface area contributed by atoms with E-state index in [1.54, 1.807) is 23.7 Å². The van der Waals surface area contributed by atoms with Gasteiger partial charge in [-0.1, -0.05) is 0 Å². The lowest BCUT2D eigenvalue weighted by Crippen LogP contribution is -2.48. The average molecular weight is 324 g/mol. The zero-order chi connectivity index (χ0) is 14.7. The third-order valence-corrected chi connectivity index (χ3v) is 4.97. The lowest BCUT2D eigenvalue weighted by atomic mass is 10.2. The summed E-state index contributed by atoms with van der Waals surface area (Å²) in [6.07, 6.45) is 3.41. The molecular formula is C13H16N4O2S2. The average Bonchev–Trinajstić information content (AvgIpc) is 3.20. The summed E-state index contributed by atoms with van der Waals surface area (Å²) in [5.41, 5.74) is 0. The van der Waals surface area contributed by atoms with E-state index in [2.05, 4.69) is 20.2 Å². The summed E-state index contributed by atoms with van der Waals surface area (Å²) < 4.78 is 5.75. The minimum Gasteiger partial charge on any atom is -0.368 e. The van der Waals surface area contributed by atoms with Crippen LogP contribution in [-0.4, -0.2) is 46.5 Å². The van der Waals surface area contributed by atoms with Crippen LogP contribution >= 0.6 is 22.7 Å². The van der Waals surface area contributed by atoms with Crippen molar-refractivity contribution in [1.29, 1.82) is 0 Å². The molecule has 2 aromatic rings. The number of nitrogens with one attached hydrogen (secondary N) is 1. The number of thiazole rings is 2. The van der Waals surface area contributed by atoms with Gasteiger partial charge in [0, 0.05) is 36.2 Å². The predicted molar refractivity (Wildman–Crippen MR) is 82.6 cm³/mol. The molecule has 3 rings (SSSR count). The van der Waals surface area contributed by atoms with Crippen LogP contribution in [0.4, 0.5) is 5.13 Å². The molecule has 1 N–H and O–H groups in total. The zero-order valence-electron chi connectivity index (χ0n) is 11.6. The predicted octanol–water partition coefficient (Wildman–Crippen LogP) is 2.00. The summed E-state index contributed by atoms with van der Waals surface area (Å²) in [6.45, 7) is 3.95. The molecule has 2 atom stereocenters. The van der Waals surface area contributed by atoms with E-state index in [-0.39, 0.29) is 18.1 Å². The topological polar surface area (TPSA) is 67.4 Å². The van der Waals surface area contributed by atoms with Crippen LogP contribution in [0.5, 0.6) is 0 Å². The van der Waals surface area contributed by atoms with Crippen LogP contribution in [-0.2, 0) is 9.53 Å². The molecule has 1 aliphatic heterocycles. The van der Waals surface area contributed by atoms with E-state index in [0.29, 0.717) is 18.3 Å². The lowest BCUT2D eigenvalue weighted by Gasteiger charge is -2.35. The van der Waals surface area contributed by atoms with Crippen molar-refractivity contribution in [2.45, 2.75) is 19.1 Å². The molecule has 0 unspecified atom stereocenters. The van der Waals surface area contributed by atoms with Crippen molar-refractivity contribution in [3.05, 3.63) is 28.2 Å². The lowest BCUT2D eigenvalue weighted by molar-refractivity contribution is -0.124. The number of morpholine rings is 1. The molecule has 0 bridgehead atoms. The molecule has 6 nitrogen and oxygen atoms in total. The van der Waals surface area contributed by atoms with E-state index >= 15 is 0 Å². The van der Waals surface area contributed by atoms with E-state index in [4.69, 9.17) is 4.74 Å². The molecule has 8 heteroatoms. The number of ether oxygens (including phenoxy) is 1. The first-order valence-electron chi connectivity index (χ1n) is 6.69. The fourth-order valence-corrected chi connectivity index (χ4v) is 3.43. The van der Waals surface area contributed by atoms with Crippen molar-refractivity contribution < 1.29 is 9.53 Å². The van der Waals surface area contributed by atoms with E-state index in [1.165, 1.54) is 11.3 Å². The van der Waals surface area contributed by atoms with Gasteiger partial charge in [-0.2, -0.15) is 0 Å². The van der Waals surface area contributed by atoms with Crippen molar-refractivity contribution in [2.24, 2.45) is 0 Å². The number of carbonyl (C=O) groups excluding carboxylic acids is 1. The number of rotatable bonds is 4. The highest BCUT2D eigenvalue weighted by Gasteiger charge is 2.30. The van der Waals surface area contributed by atoms with Gasteiger partial charge in [0.15, 0.2) is 5.13 Å². The molecule has 21 heavy (non-hydrogen) atoms. The Labute approximate surface area is 130 Å². The molecule has 3 heterocycles. The van der Waals surface area contributed by atoms with Crippen LogP contribution in [0.3, 0.4) is 0 Å². The number of hydrogen-bond acceptors (Lipinski definition) is 7. The molecule has 2 aromatic heterocycles. The first-order chi connectivity index (χ1) is 10.2. The van der Waals surface area contributed by atoms with Crippen LogP contribution in [0.15, 0.2) is 23.2 Å². The van der Waals surface area contributed by atoms with Gasteiger partial charge in [-0.25, -0.2) is 9.97 Å². The summed E-state index contributed by atoms with van der Waals surface area (Å²) in [4.78, 5) is 22.8. The first kappa shape index (κ1) is 14.6. The summed E-state index contributed by atoms with van der Waals surface area (Å²) in [5.74, 6) is -0.0373. The second kappa shape index (κ2) is 6.61. The maximum atomic E-state index is 12.3. The van der Waals surface area contributed by atoms with Crippen molar-refractivity contribution >= 4 is 33.7 Å². The molecule has 0 saturated carbocycles. The molecule has 0 aromatic carbocycles. The highest BCUT2D eigenvalue weighted by atomic mass is 32.1. The van der Waals surface area contributed by atoms with E-state index in [0.717, 1.165) is 11.6 Å². The van der Waals surface area contributed by atoms with Crippen molar-refractivity contribution in [3.8, 4) is 0 Å². The van der Waals surface area contributed by atoms with Crippen LogP contribution in [0.1, 0.15) is 18.0 Å². The molecule has 0 aliphatic carbocycles. The monoisotopic (exact) mass is 324 g/mol. The van der Waals surface area contributed by atoms with Gasteiger partial charge in [-0.15, -0.1) is 22.7 Å². The minimum absolute atomic E-state index is 0.0373. The molecule has 0 radical (unpaired) electrons. The Bertz CT molecular complexity index is 573. The summed E-state index contributed by atoms with van der Waals surface area (Å²) >= 11 is 3.00. The fraction of sp³-hybridized carbons (Fsp3) is 0.462. The fourth-order valence-electron chi connectivity index (χ4n) is 2.22. The van der Waals surface area contributed by atoms with Gasteiger partial charge < -0.3 is 10.1 Å². The Morgan fingerprint density at radius 3 is 2.95 bits per heavy atom. The zero-order valence-corrected chi connectivity index (χ0v) is 13.2. The quantitative estimate of drug-likeness (QED) is 0.932. The highest BCUT2D eigenvalue weighted by Crippen LogP contribution is 2.25. The van der Waals surface area contributed by atoms with Gasteiger partial charge in [0.05, 0.1) is 12.6 Å². The van der Waals surface area contributed by atoms with Crippen molar-refractivity contribution in [2.75, 3.05) is 25.0 Å². The Morgan fingerprint density at radius 2 is 2.24 bits per heavy atom. The standard InChI is InChI=1S/C13H16N4O2S2/c1-9(11(18)16-13-15-3-7-21-13)17-4-5-19-10(8-17)12-14-2-6-20-12/h2-3,6-7,9-10H,4-5,8H2,1H3,(H,15,16,18)/t9-,10-/m1/s1.